The number of aromatic nitrogens is 2. The first-order valence-corrected chi connectivity index (χ1v) is 7.42. The summed E-state index contributed by atoms with van der Waals surface area (Å²) in [5.74, 6) is 0.0308. The van der Waals surface area contributed by atoms with Crippen molar-refractivity contribution in [3.8, 4) is 0 Å². The van der Waals surface area contributed by atoms with E-state index in [4.69, 9.17) is 4.74 Å². The van der Waals surface area contributed by atoms with Gasteiger partial charge in [0.1, 0.15) is 5.82 Å². The van der Waals surface area contributed by atoms with Crippen LogP contribution in [-0.4, -0.2) is 71.9 Å². The van der Waals surface area contributed by atoms with Crippen LogP contribution in [0.15, 0.2) is 12.4 Å². The molecular formula is C10H17N3O5S. The summed E-state index contributed by atoms with van der Waals surface area (Å²) < 4.78 is 37.2. The molecule has 1 aliphatic heterocycles. The molecule has 2 atom stereocenters. The average molecular weight is 291 g/mol. The van der Waals surface area contributed by atoms with Gasteiger partial charge in [0, 0.05) is 32.0 Å². The number of nitrogens with one attached hydrogen (secondary N) is 1. The number of morpholine rings is 1. The first-order chi connectivity index (χ1) is 8.98. The lowest BCUT2D eigenvalue weighted by Crippen LogP contribution is -2.43. The summed E-state index contributed by atoms with van der Waals surface area (Å²) in [7, 11) is -4.44. The highest BCUT2D eigenvalue weighted by Crippen LogP contribution is 2.23. The summed E-state index contributed by atoms with van der Waals surface area (Å²) in [6, 6.07) is 0. The van der Waals surface area contributed by atoms with Crippen LogP contribution in [0.1, 0.15) is 11.1 Å². The average Bonchev–Trinajstić information content (AvgIpc) is 2.82. The van der Waals surface area contributed by atoms with Gasteiger partial charge in [-0.05, 0) is 0 Å². The molecule has 0 saturated carbocycles. The maximum atomic E-state index is 11.4. The van der Waals surface area contributed by atoms with Crippen molar-refractivity contribution in [3.05, 3.63) is 18.2 Å². The molecule has 19 heavy (non-hydrogen) atoms. The second-order valence-electron chi connectivity index (χ2n) is 4.39. The van der Waals surface area contributed by atoms with Crippen LogP contribution in [0.4, 0.5) is 0 Å². The fourth-order valence-corrected chi connectivity index (χ4v) is 2.99. The van der Waals surface area contributed by atoms with E-state index in [1.165, 1.54) is 12.4 Å². The van der Waals surface area contributed by atoms with Gasteiger partial charge < -0.3 is 14.8 Å². The minimum atomic E-state index is -4.44. The molecule has 108 valence electrons. The Hall–Kier alpha value is -1.00. The zero-order valence-electron chi connectivity index (χ0n) is 10.3. The molecule has 1 aromatic heterocycles. The maximum Gasteiger partial charge on any atom is 0.277 e. The molecule has 1 saturated heterocycles. The first-order valence-electron chi connectivity index (χ1n) is 5.92. The van der Waals surface area contributed by atoms with Crippen LogP contribution in [0.25, 0.3) is 0 Å². The van der Waals surface area contributed by atoms with E-state index in [1.807, 2.05) is 4.90 Å². The quantitative estimate of drug-likeness (QED) is 0.598. The Morgan fingerprint density at radius 2 is 2.16 bits per heavy atom. The van der Waals surface area contributed by atoms with Crippen LogP contribution in [0, 0.1) is 0 Å². The molecule has 2 heterocycles. The van der Waals surface area contributed by atoms with Crippen LogP contribution in [0.2, 0.25) is 0 Å². The SMILES string of the molecule is O=S(=O)(O)C(c1ncc[nH]1)C(O)CN1CCOCC1. The largest absolute Gasteiger partial charge is 0.390 e. The van der Waals surface area contributed by atoms with Gasteiger partial charge in [-0.1, -0.05) is 0 Å². The van der Waals surface area contributed by atoms with Crippen molar-refractivity contribution in [2.24, 2.45) is 0 Å². The number of rotatable bonds is 5. The van der Waals surface area contributed by atoms with Crippen molar-refractivity contribution in [1.82, 2.24) is 14.9 Å². The van der Waals surface area contributed by atoms with Crippen molar-refractivity contribution in [3.63, 3.8) is 0 Å². The van der Waals surface area contributed by atoms with Gasteiger partial charge in [0.15, 0.2) is 5.25 Å². The molecule has 0 aliphatic carbocycles. The number of aliphatic hydroxyl groups is 1. The molecule has 9 heteroatoms. The lowest BCUT2D eigenvalue weighted by atomic mass is 10.2. The standard InChI is InChI=1S/C10H17N3O5S/c14-8(7-13-3-5-18-6-4-13)9(19(15,16)17)10-11-1-2-12-10/h1-2,8-9,14H,3-7H2,(H,11,12)(H,15,16,17). The summed E-state index contributed by atoms with van der Waals surface area (Å²) in [6.45, 7) is 2.46. The van der Waals surface area contributed by atoms with Gasteiger partial charge in [0.05, 0.1) is 19.3 Å². The van der Waals surface area contributed by atoms with Crippen LogP contribution >= 0.6 is 0 Å². The number of nitrogens with zero attached hydrogens (tertiary/aromatic N) is 2. The summed E-state index contributed by atoms with van der Waals surface area (Å²) in [5, 5.41) is 8.62. The van der Waals surface area contributed by atoms with Crippen LogP contribution < -0.4 is 0 Å². The van der Waals surface area contributed by atoms with E-state index in [1.54, 1.807) is 0 Å². The van der Waals surface area contributed by atoms with Gasteiger partial charge in [0.2, 0.25) is 0 Å². The van der Waals surface area contributed by atoms with Gasteiger partial charge in [-0.3, -0.25) is 9.45 Å². The summed E-state index contributed by atoms with van der Waals surface area (Å²) in [4.78, 5) is 8.29. The van der Waals surface area contributed by atoms with E-state index in [0.29, 0.717) is 26.3 Å². The van der Waals surface area contributed by atoms with E-state index in [0.717, 1.165) is 0 Å². The summed E-state index contributed by atoms with van der Waals surface area (Å²) in [5.41, 5.74) is 0. The smallest absolute Gasteiger partial charge is 0.277 e. The van der Waals surface area contributed by atoms with Crippen LogP contribution in [0.5, 0.6) is 0 Å². The van der Waals surface area contributed by atoms with Crippen LogP contribution in [0.3, 0.4) is 0 Å². The van der Waals surface area contributed by atoms with Crippen molar-refractivity contribution < 1.29 is 22.8 Å². The highest BCUT2D eigenvalue weighted by atomic mass is 32.2. The Morgan fingerprint density at radius 3 is 2.68 bits per heavy atom. The molecule has 1 aromatic rings. The number of aromatic amines is 1. The number of imidazole rings is 1. The highest BCUT2D eigenvalue weighted by molar-refractivity contribution is 7.86. The Kier molecular flexibility index (Phi) is 4.53. The number of aliphatic hydroxyl groups excluding tert-OH is 1. The number of hydrogen-bond donors (Lipinski definition) is 3. The molecule has 3 N–H and O–H groups in total. The summed E-state index contributed by atoms with van der Waals surface area (Å²) >= 11 is 0. The van der Waals surface area contributed by atoms with E-state index < -0.39 is 21.5 Å². The lowest BCUT2D eigenvalue weighted by molar-refractivity contribution is 0.0131. The van der Waals surface area contributed by atoms with Gasteiger partial charge in [-0.25, -0.2) is 4.98 Å². The minimum absolute atomic E-state index is 0.0308. The Labute approximate surface area is 111 Å². The number of β-amino-alcohol motifs (C(OH)–C–C–N with tert-alkyl or cyclic N) is 1. The third-order valence-corrected chi connectivity index (χ3v) is 4.19. The van der Waals surface area contributed by atoms with Gasteiger partial charge in [-0.15, -0.1) is 0 Å². The van der Waals surface area contributed by atoms with E-state index in [-0.39, 0.29) is 12.4 Å². The van der Waals surface area contributed by atoms with Crippen LogP contribution in [-0.2, 0) is 14.9 Å². The van der Waals surface area contributed by atoms with Crippen molar-refractivity contribution in [2.45, 2.75) is 11.4 Å². The topological polar surface area (TPSA) is 116 Å². The Morgan fingerprint density at radius 1 is 1.47 bits per heavy atom. The Balaban J connectivity index is 2.10. The van der Waals surface area contributed by atoms with Gasteiger partial charge in [0.25, 0.3) is 10.1 Å². The maximum absolute atomic E-state index is 11.4. The minimum Gasteiger partial charge on any atom is -0.390 e. The van der Waals surface area contributed by atoms with Crippen molar-refractivity contribution >= 4 is 10.1 Å². The van der Waals surface area contributed by atoms with Crippen molar-refractivity contribution in [2.75, 3.05) is 32.8 Å². The molecule has 0 radical (unpaired) electrons. The van der Waals surface area contributed by atoms with Gasteiger partial charge in [-0.2, -0.15) is 8.42 Å². The lowest BCUT2D eigenvalue weighted by Gasteiger charge is -2.30. The summed E-state index contributed by atoms with van der Waals surface area (Å²) in [6.07, 6.45) is 1.54. The molecule has 1 fully saturated rings. The van der Waals surface area contributed by atoms with E-state index >= 15 is 0 Å². The zero-order valence-corrected chi connectivity index (χ0v) is 11.1. The molecular weight excluding hydrogens is 274 g/mol. The predicted octanol–water partition coefficient (Wildman–Crippen LogP) is -0.968. The molecule has 0 spiro atoms. The predicted molar refractivity (Wildman–Crippen MR) is 66.1 cm³/mol. The number of hydrogen-bond acceptors (Lipinski definition) is 6. The fraction of sp³-hybridized carbons (Fsp3) is 0.700. The molecule has 0 bridgehead atoms. The van der Waals surface area contributed by atoms with E-state index in [9.17, 15) is 18.1 Å². The zero-order chi connectivity index (χ0) is 13.9. The first kappa shape index (κ1) is 14.4. The third kappa shape index (κ3) is 3.74. The monoisotopic (exact) mass is 291 g/mol. The molecule has 8 nitrogen and oxygen atoms in total. The molecule has 2 rings (SSSR count). The molecule has 2 unspecified atom stereocenters. The van der Waals surface area contributed by atoms with E-state index in [2.05, 4.69) is 9.97 Å². The molecule has 0 amide bonds. The third-order valence-electron chi connectivity index (χ3n) is 3.01. The fourth-order valence-electron chi connectivity index (χ4n) is 2.10. The highest BCUT2D eigenvalue weighted by Gasteiger charge is 2.36. The number of ether oxygens (including phenoxy) is 1. The number of H-pyrrole nitrogens is 1. The van der Waals surface area contributed by atoms with Gasteiger partial charge >= 0.3 is 0 Å². The molecule has 1 aliphatic rings. The molecule has 0 aromatic carbocycles. The second-order valence-corrected chi connectivity index (χ2v) is 5.93. The Bertz CT molecular complexity index is 483. The normalized spacial score (nSPS) is 21.2. The second kappa shape index (κ2) is 5.97. The van der Waals surface area contributed by atoms with Crippen molar-refractivity contribution in [1.29, 1.82) is 0 Å².